The van der Waals surface area contributed by atoms with Gasteiger partial charge in [0, 0.05) is 11.9 Å². The highest BCUT2D eigenvalue weighted by Gasteiger charge is 2.27. The van der Waals surface area contributed by atoms with Crippen molar-refractivity contribution in [2.45, 2.75) is 29.2 Å². The van der Waals surface area contributed by atoms with E-state index in [-0.39, 0.29) is 9.92 Å². The largest absolute Gasteiger partial charge is 0.491 e. The van der Waals surface area contributed by atoms with Crippen LogP contribution in [0.15, 0.2) is 70.6 Å². The molecule has 2 heterocycles. The first-order valence-electron chi connectivity index (χ1n) is 10.7. The van der Waals surface area contributed by atoms with Gasteiger partial charge in [-0.1, -0.05) is 48.9 Å². The number of hydrogen-bond donors (Lipinski definition) is 1. The zero-order valence-electron chi connectivity index (χ0n) is 17.3. The molecule has 7 heteroatoms. The normalized spacial score (nSPS) is 15.5. The van der Waals surface area contributed by atoms with Crippen LogP contribution in [-0.4, -0.2) is 49.8 Å². The SMILES string of the molecule is O=S(=O)(c1cccc2ccccc12)c1[nH]nc2cccc(OCCN3CCCCC3)c12. The molecule has 1 aromatic heterocycles. The van der Waals surface area contributed by atoms with E-state index in [1.807, 2.05) is 42.5 Å². The predicted octanol–water partition coefficient (Wildman–Crippen LogP) is 4.41. The first kappa shape index (κ1) is 20.0. The summed E-state index contributed by atoms with van der Waals surface area (Å²) in [6.07, 6.45) is 3.75. The number of ether oxygens (including phenoxy) is 1. The van der Waals surface area contributed by atoms with Gasteiger partial charge in [0.1, 0.15) is 12.4 Å². The standard InChI is InChI=1S/C24H25N3O3S/c28-31(29,22-13-6-9-18-8-2-3-10-19(18)22)24-23-20(25-26-24)11-7-12-21(23)30-17-16-27-14-4-1-5-15-27/h2-3,6-13H,1,4-5,14-17H2,(H,25,26). The number of H-pyrrole nitrogens is 1. The minimum atomic E-state index is -3.83. The summed E-state index contributed by atoms with van der Waals surface area (Å²) in [6, 6.07) is 18.3. The van der Waals surface area contributed by atoms with Crippen molar-refractivity contribution in [1.82, 2.24) is 15.1 Å². The Kier molecular flexibility index (Phi) is 5.38. The summed E-state index contributed by atoms with van der Waals surface area (Å²) >= 11 is 0. The molecule has 1 saturated heterocycles. The summed E-state index contributed by atoms with van der Waals surface area (Å²) in [6.45, 7) is 3.54. The van der Waals surface area contributed by atoms with Crippen molar-refractivity contribution >= 4 is 31.5 Å². The molecule has 4 aromatic rings. The van der Waals surface area contributed by atoms with Crippen molar-refractivity contribution in [2.75, 3.05) is 26.2 Å². The maximum absolute atomic E-state index is 13.7. The molecule has 6 nitrogen and oxygen atoms in total. The fourth-order valence-electron chi connectivity index (χ4n) is 4.33. The van der Waals surface area contributed by atoms with Gasteiger partial charge >= 0.3 is 0 Å². The second-order valence-electron chi connectivity index (χ2n) is 7.93. The topological polar surface area (TPSA) is 75.3 Å². The van der Waals surface area contributed by atoms with Gasteiger partial charge in [0.15, 0.2) is 5.03 Å². The first-order valence-corrected chi connectivity index (χ1v) is 12.2. The molecule has 5 rings (SSSR count). The summed E-state index contributed by atoms with van der Waals surface area (Å²) in [5, 5.41) is 9.18. The molecule has 0 atom stereocenters. The van der Waals surface area contributed by atoms with E-state index in [0.717, 1.165) is 25.0 Å². The lowest BCUT2D eigenvalue weighted by molar-refractivity contribution is 0.184. The fourth-order valence-corrected chi connectivity index (χ4v) is 5.92. The molecule has 0 bridgehead atoms. The number of aromatic amines is 1. The first-order chi connectivity index (χ1) is 15.1. The van der Waals surface area contributed by atoms with E-state index in [4.69, 9.17) is 4.74 Å². The van der Waals surface area contributed by atoms with E-state index in [2.05, 4.69) is 15.1 Å². The molecule has 3 aromatic carbocycles. The van der Waals surface area contributed by atoms with Crippen LogP contribution in [0.3, 0.4) is 0 Å². The quantitative estimate of drug-likeness (QED) is 0.485. The zero-order valence-corrected chi connectivity index (χ0v) is 18.1. The maximum atomic E-state index is 13.7. The molecule has 1 aliphatic rings. The van der Waals surface area contributed by atoms with Gasteiger partial charge in [-0.3, -0.25) is 10.00 Å². The van der Waals surface area contributed by atoms with Crippen LogP contribution in [0.5, 0.6) is 5.75 Å². The van der Waals surface area contributed by atoms with E-state index in [0.29, 0.717) is 28.6 Å². The van der Waals surface area contributed by atoms with E-state index >= 15 is 0 Å². The van der Waals surface area contributed by atoms with Gasteiger partial charge in [-0.15, -0.1) is 0 Å². The predicted molar refractivity (Wildman–Crippen MR) is 121 cm³/mol. The number of fused-ring (bicyclic) bond motifs is 2. The fraction of sp³-hybridized carbons (Fsp3) is 0.292. The third-order valence-corrected chi connectivity index (χ3v) is 7.70. The number of nitrogens with one attached hydrogen (secondary N) is 1. The van der Waals surface area contributed by atoms with Crippen molar-refractivity contribution in [3.63, 3.8) is 0 Å². The van der Waals surface area contributed by atoms with Gasteiger partial charge < -0.3 is 4.74 Å². The van der Waals surface area contributed by atoms with Crippen LogP contribution in [0.1, 0.15) is 19.3 Å². The summed E-state index contributed by atoms with van der Waals surface area (Å²) in [4.78, 5) is 2.66. The molecule has 0 aliphatic carbocycles. The molecule has 0 spiro atoms. The number of benzene rings is 3. The Morgan fingerprint density at radius 1 is 0.935 bits per heavy atom. The third kappa shape index (κ3) is 3.79. The number of sulfone groups is 1. The van der Waals surface area contributed by atoms with Gasteiger partial charge in [-0.25, -0.2) is 8.42 Å². The Morgan fingerprint density at radius 2 is 1.71 bits per heavy atom. The van der Waals surface area contributed by atoms with Gasteiger partial charge in [-0.2, -0.15) is 5.10 Å². The Morgan fingerprint density at radius 3 is 2.58 bits per heavy atom. The Labute approximate surface area is 181 Å². The molecule has 0 saturated carbocycles. The average Bonchev–Trinajstić information content (AvgIpc) is 3.25. The zero-order chi connectivity index (χ0) is 21.3. The number of nitrogens with zero attached hydrogens (tertiary/aromatic N) is 2. The molecule has 1 aliphatic heterocycles. The van der Waals surface area contributed by atoms with E-state index < -0.39 is 9.84 Å². The van der Waals surface area contributed by atoms with Crippen LogP contribution in [0.4, 0.5) is 0 Å². The second-order valence-corrected chi connectivity index (χ2v) is 9.79. The molecule has 160 valence electrons. The van der Waals surface area contributed by atoms with Crippen LogP contribution in [-0.2, 0) is 9.84 Å². The number of hydrogen-bond acceptors (Lipinski definition) is 5. The minimum Gasteiger partial charge on any atom is -0.491 e. The summed E-state index contributed by atoms with van der Waals surface area (Å²) in [5.74, 6) is 0.544. The van der Waals surface area contributed by atoms with Crippen LogP contribution < -0.4 is 4.74 Å². The summed E-state index contributed by atoms with van der Waals surface area (Å²) in [5.41, 5.74) is 0.578. The lowest BCUT2D eigenvalue weighted by atomic mass is 10.1. The van der Waals surface area contributed by atoms with E-state index in [1.165, 1.54) is 19.3 Å². The van der Waals surface area contributed by atoms with Crippen molar-refractivity contribution in [1.29, 1.82) is 0 Å². The molecule has 0 unspecified atom stereocenters. The average molecular weight is 436 g/mol. The summed E-state index contributed by atoms with van der Waals surface area (Å²) < 4.78 is 33.4. The molecular formula is C24H25N3O3S. The smallest absolute Gasteiger partial charge is 0.224 e. The Bertz CT molecular complexity index is 1320. The Balaban J connectivity index is 1.51. The molecular weight excluding hydrogens is 410 g/mol. The third-order valence-electron chi connectivity index (χ3n) is 5.93. The monoisotopic (exact) mass is 435 g/mol. The lowest BCUT2D eigenvalue weighted by Crippen LogP contribution is -2.33. The number of aromatic nitrogens is 2. The number of rotatable bonds is 6. The van der Waals surface area contributed by atoms with Crippen LogP contribution in [0.25, 0.3) is 21.7 Å². The highest BCUT2D eigenvalue weighted by atomic mass is 32.2. The van der Waals surface area contributed by atoms with Gasteiger partial charge in [0.25, 0.3) is 0 Å². The van der Waals surface area contributed by atoms with Crippen LogP contribution in [0, 0.1) is 0 Å². The van der Waals surface area contributed by atoms with Crippen LogP contribution >= 0.6 is 0 Å². The van der Waals surface area contributed by atoms with Crippen molar-refractivity contribution in [2.24, 2.45) is 0 Å². The molecule has 0 amide bonds. The molecule has 31 heavy (non-hydrogen) atoms. The lowest BCUT2D eigenvalue weighted by Gasteiger charge is -2.26. The minimum absolute atomic E-state index is 0.0763. The van der Waals surface area contributed by atoms with E-state index in [9.17, 15) is 8.42 Å². The summed E-state index contributed by atoms with van der Waals surface area (Å²) in [7, 11) is -3.83. The highest BCUT2D eigenvalue weighted by Crippen LogP contribution is 2.35. The van der Waals surface area contributed by atoms with Gasteiger partial charge in [-0.05, 0) is 49.5 Å². The molecule has 1 fully saturated rings. The number of piperidine rings is 1. The second kappa shape index (κ2) is 8.32. The highest BCUT2D eigenvalue weighted by molar-refractivity contribution is 7.91. The van der Waals surface area contributed by atoms with Crippen molar-refractivity contribution in [3.8, 4) is 5.75 Å². The maximum Gasteiger partial charge on any atom is 0.224 e. The van der Waals surface area contributed by atoms with Crippen molar-refractivity contribution < 1.29 is 13.2 Å². The van der Waals surface area contributed by atoms with E-state index in [1.54, 1.807) is 18.2 Å². The molecule has 0 radical (unpaired) electrons. The molecule has 1 N–H and O–H groups in total. The van der Waals surface area contributed by atoms with Crippen molar-refractivity contribution in [3.05, 3.63) is 60.7 Å². The number of likely N-dealkylation sites (tertiary alicyclic amines) is 1. The van der Waals surface area contributed by atoms with Gasteiger partial charge in [0.2, 0.25) is 9.84 Å². The van der Waals surface area contributed by atoms with Crippen LogP contribution in [0.2, 0.25) is 0 Å². The van der Waals surface area contributed by atoms with Gasteiger partial charge in [0.05, 0.1) is 15.8 Å². The Hall–Kier alpha value is -2.90.